The average Bonchev–Trinajstić information content (AvgIpc) is 2.57. The second-order valence-electron chi connectivity index (χ2n) is 6.71. The standard InChI is InChI=1S/C17H32O6/c18-20-16-12-8-11-15-19-22-17(23-21-16)13-9-6-4-2-1-3-5-7-10-14-17/h16,18H,1-15H2. The summed E-state index contributed by atoms with van der Waals surface area (Å²) >= 11 is 0. The summed E-state index contributed by atoms with van der Waals surface area (Å²) in [6.07, 6.45) is 13.7. The maximum Gasteiger partial charge on any atom is 0.234 e. The van der Waals surface area contributed by atoms with Gasteiger partial charge in [0.15, 0.2) is 0 Å². The monoisotopic (exact) mass is 332 g/mol. The molecule has 0 bridgehead atoms. The largest absolute Gasteiger partial charge is 0.249 e. The highest BCUT2D eigenvalue weighted by atomic mass is 17.3. The molecule has 2 aliphatic rings. The molecule has 1 saturated heterocycles. The molecule has 6 heteroatoms. The molecule has 1 spiro atoms. The van der Waals surface area contributed by atoms with Crippen molar-refractivity contribution in [2.75, 3.05) is 6.61 Å². The lowest BCUT2D eigenvalue weighted by molar-refractivity contribution is -0.555. The molecule has 2 fully saturated rings. The lowest BCUT2D eigenvalue weighted by Gasteiger charge is -2.32. The summed E-state index contributed by atoms with van der Waals surface area (Å²) in [5, 5.41) is 8.93. The Bertz CT molecular complexity index is 287. The minimum Gasteiger partial charge on any atom is -0.249 e. The fourth-order valence-electron chi connectivity index (χ4n) is 3.21. The van der Waals surface area contributed by atoms with E-state index in [0.29, 0.717) is 13.0 Å². The van der Waals surface area contributed by atoms with Crippen molar-refractivity contribution in [3.05, 3.63) is 0 Å². The quantitative estimate of drug-likeness (QED) is 0.545. The van der Waals surface area contributed by atoms with Crippen molar-refractivity contribution in [1.29, 1.82) is 0 Å². The summed E-state index contributed by atoms with van der Waals surface area (Å²) in [7, 11) is 0. The van der Waals surface area contributed by atoms with Crippen LogP contribution < -0.4 is 0 Å². The van der Waals surface area contributed by atoms with E-state index in [1.807, 2.05) is 0 Å². The number of rotatable bonds is 1. The van der Waals surface area contributed by atoms with E-state index >= 15 is 0 Å². The normalized spacial score (nSPS) is 29.3. The van der Waals surface area contributed by atoms with Gasteiger partial charge >= 0.3 is 0 Å². The third kappa shape index (κ3) is 7.45. The Morgan fingerprint density at radius 2 is 1.35 bits per heavy atom. The van der Waals surface area contributed by atoms with Crippen LogP contribution in [0.3, 0.4) is 0 Å². The van der Waals surface area contributed by atoms with E-state index in [0.717, 1.165) is 51.4 Å². The Kier molecular flexibility index (Phi) is 9.41. The van der Waals surface area contributed by atoms with Gasteiger partial charge in [0.1, 0.15) is 0 Å². The van der Waals surface area contributed by atoms with Gasteiger partial charge in [-0.15, -0.1) is 0 Å². The maximum absolute atomic E-state index is 8.93. The zero-order valence-corrected chi connectivity index (χ0v) is 14.2. The number of hydrogen-bond donors (Lipinski definition) is 1. The molecular formula is C17H32O6. The summed E-state index contributed by atoms with van der Waals surface area (Å²) in [6.45, 7) is 0.517. The van der Waals surface area contributed by atoms with Crippen molar-refractivity contribution in [1.82, 2.24) is 0 Å². The minimum absolute atomic E-state index is 0.517. The highest BCUT2D eigenvalue weighted by Crippen LogP contribution is 2.31. The van der Waals surface area contributed by atoms with E-state index in [9.17, 15) is 0 Å². The predicted molar refractivity (Wildman–Crippen MR) is 84.1 cm³/mol. The molecule has 23 heavy (non-hydrogen) atoms. The highest BCUT2D eigenvalue weighted by molar-refractivity contribution is 4.69. The second kappa shape index (κ2) is 11.3. The van der Waals surface area contributed by atoms with Crippen molar-refractivity contribution in [3.8, 4) is 0 Å². The SMILES string of the molecule is OOC1CCCCOOC2(CCCCCCCCCCC2)OO1. The molecule has 0 aromatic heterocycles. The fraction of sp³-hybridized carbons (Fsp3) is 1.00. The zero-order valence-electron chi connectivity index (χ0n) is 14.2. The molecule has 1 unspecified atom stereocenters. The van der Waals surface area contributed by atoms with Crippen LogP contribution in [0.4, 0.5) is 0 Å². The van der Waals surface area contributed by atoms with Gasteiger partial charge in [0.05, 0.1) is 6.61 Å². The maximum atomic E-state index is 8.93. The molecule has 6 nitrogen and oxygen atoms in total. The molecule has 2 rings (SSSR count). The molecule has 1 aliphatic heterocycles. The Balaban J connectivity index is 1.96. The Labute approximate surface area is 139 Å². The zero-order chi connectivity index (χ0) is 16.2. The molecule has 1 saturated carbocycles. The third-order valence-electron chi connectivity index (χ3n) is 4.67. The summed E-state index contributed by atoms with van der Waals surface area (Å²) in [5.74, 6) is -0.896. The van der Waals surface area contributed by atoms with Gasteiger partial charge in [-0.05, 0) is 25.7 Å². The molecule has 1 atom stereocenters. The Morgan fingerprint density at radius 1 is 0.739 bits per heavy atom. The first-order valence-electron chi connectivity index (χ1n) is 9.30. The predicted octanol–water partition coefficient (Wildman–Crippen LogP) is 4.88. The topological polar surface area (TPSA) is 66.4 Å². The minimum atomic E-state index is -0.896. The molecule has 0 aromatic carbocycles. The first-order chi connectivity index (χ1) is 11.3. The van der Waals surface area contributed by atoms with Crippen LogP contribution in [0.25, 0.3) is 0 Å². The molecule has 136 valence electrons. The second-order valence-corrected chi connectivity index (χ2v) is 6.71. The van der Waals surface area contributed by atoms with Gasteiger partial charge in [-0.1, -0.05) is 44.9 Å². The van der Waals surface area contributed by atoms with Crippen molar-refractivity contribution in [2.45, 2.75) is 102 Å². The molecule has 1 heterocycles. The van der Waals surface area contributed by atoms with Crippen LogP contribution in [-0.4, -0.2) is 23.9 Å². The highest BCUT2D eigenvalue weighted by Gasteiger charge is 2.36. The van der Waals surface area contributed by atoms with Crippen LogP contribution in [0.2, 0.25) is 0 Å². The van der Waals surface area contributed by atoms with E-state index in [1.165, 1.54) is 32.1 Å². The lowest BCUT2D eigenvalue weighted by atomic mass is 9.97. The van der Waals surface area contributed by atoms with Crippen LogP contribution in [-0.2, 0) is 24.4 Å². The lowest BCUT2D eigenvalue weighted by Crippen LogP contribution is -2.39. The molecule has 0 radical (unpaired) electrons. The van der Waals surface area contributed by atoms with E-state index in [4.69, 9.17) is 24.8 Å². The van der Waals surface area contributed by atoms with Gasteiger partial charge in [-0.2, -0.15) is 14.7 Å². The van der Waals surface area contributed by atoms with E-state index in [-0.39, 0.29) is 0 Å². The van der Waals surface area contributed by atoms with E-state index < -0.39 is 12.1 Å². The first-order valence-corrected chi connectivity index (χ1v) is 9.30. The van der Waals surface area contributed by atoms with Crippen LogP contribution in [0.1, 0.15) is 89.9 Å². The van der Waals surface area contributed by atoms with Crippen LogP contribution in [0.5, 0.6) is 0 Å². The van der Waals surface area contributed by atoms with Gasteiger partial charge in [-0.25, -0.2) is 15.0 Å². The van der Waals surface area contributed by atoms with Gasteiger partial charge in [0, 0.05) is 19.3 Å². The van der Waals surface area contributed by atoms with Gasteiger partial charge in [0.2, 0.25) is 12.1 Å². The molecule has 0 aromatic rings. The molecule has 0 amide bonds. The Hall–Kier alpha value is -0.240. The van der Waals surface area contributed by atoms with Crippen LogP contribution in [0, 0.1) is 0 Å². The number of hydrogen-bond acceptors (Lipinski definition) is 6. The smallest absolute Gasteiger partial charge is 0.234 e. The summed E-state index contributed by atoms with van der Waals surface area (Å²) < 4.78 is 0. The van der Waals surface area contributed by atoms with Crippen molar-refractivity contribution in [2.24, 2.45) is 0 Å². The van der Waals surface area contributed by atoms with Gasteiger partial charge < -0.3 is 0 Å². The van der Waals surface area contributed by atoms with Crippen molar-refractivity contribution < 1.29 is 29.7 Å². The van der Waals surface area contributed by atoms with Crippen molar-refractivity contribution in [3.63, 3.8) is 0 Å². The summed E-state index contributed by atoms with van der Waals surface area (Å²) in [5.41, 5.74) is 0. The summed E-state index contributed by atoms with van der Waals surface area (Å²) in [6, 6.07) is 0. The fourth-order valence-corrected chi connectivity index (χ4v) is 3.21. The average molecular weight is 332 g/mol. The molecular weight excluding hydrogens is 300 g/mol. The van der Waals surface area contributed by atoms with E-state index in [1.54, 1.807) is 0 Å². The summed E-state index contributed by atoms with van der Waals surface area (Å²) in [4.78, 5) is 26.3. The van der Waals surface area contributed by atoms with Gasteiger partial charge in [-0.3, -0.25) is 0 Å². The molecule has 1 aliphatic carbocycles. The third-order valence-corrected chi connectivity index (χ3v) is 4.67. The molecule has 1 N–H and O–H groups in total. The van der Waals surface area contributed by atoms with Crippen molar-refractivity contribution >= 4 is 0 Å². The van der Waals surface area contributed by atoms with Crippen LogP contribution in [0.15, 0.2) is 0 Å². The van der Waals surface area contributed by atoms with E-state index in [2.05, 4.69) is 4.89 Å². The first kappa shape index (κ1) is 19.1. The van der Waals surface area contributed by atoms with Crippen LogP contribution >= 0.6 is 0 Å². The van der Waals surface area contributed by atoms with Gasteiger partial charge in [0.25, 0.3) is 0 Å². The Morgan fingerprint density at radius 3 is 1.96 bits per heavy atom.